The molecular weight excluding hydrogens is 398 g/mol. The van der Waals surface area contributed by atoms with E-state index >= 15 is 0 Å². The maximum absolute atomic E-state index is 13.8. The normalized spacial score (nSPS) is 11.1. The van der Waals surface area contributed by atoms with Crippen molar-refractivity contribution >= 4 is 27.3 Å². The SMILES string of the molecule is CCN(c1ccccc1)S(=O)(=O)c1cccc(C(=O)Nc2cc(F)ccc2F)c1. The molecule has 5 nitrogen and oxygen atoms in total. The van der Waals surface area contributed by atoms with Crippen molar-refractivity contribution < 1.29 is 22.0 Å². The van der Waals surface area contributed by atoms with Crippen LogP contribution in [0.2, 0.25) is 0 Å². The zero-order valence-electron chi connectivity index (χ0n) is 15.5. The molecule has 3 aromatic rings. The van der Waals surface area contributed by atoms with Gasteiger partial charge in [0.2, 0.25) is 0 Å². The van der Waals surface area contributed by atoms with Crippen LogP contribution in [0.25, 0.3) is 0 Å². The molecule has 1 amide bonds. The predicted octanol–water partition coefficient (Wildman–Crippen LogP) is 4.43. The first-order valence-corrected chi connectivity index (χ1v) is 10.2. The van der Waals surface area contributed by atoms with Gasteiger partial charge in [-0.25, -0.2) is 17.2 Å². The highest BCUT2D eigenvalue weighted by Gasteiger charge is 2.24. The van der Waals surface area contributed by atoms with Crippen LogP contribution in [0.1, 0.15) is 17.3 Å². The molecule has 1 N–H and O–H groups in total. The van der Waals surface area contributed by atoms with Crippen LogP contribution in [0.3, 0.4) is 0 Å². The molecule has 8 heteroatoms. The first-order chi connectivity index (χ1) is 13.8. The third-order valence-corrected chi connectivity index (χ3v) is 6.09. The van der Waals surface area contributed by atoms with Crippen molar-refractivity contribution in [2.24, 2.45) is 0 Å². The number of sulfonamides is 1. The lowest BCUT2D eigenvalue weighted by molar-refractivity contribution is 0.102. The Morgan fingerprint density at radius 1 is 0.966 bits per heavy atom. The average Bonchev–Trinajstić information content (AvgIpc) is 2.72. The number of para-hydroxylation sites is 1. The van der Waals surface area contributed by atoms with E-state index in [9.17, 15) is 22.0 Å². The van der Waals surface area contributed by atoms with Gasteiger partial charge < -0.3 is 5.32 Å². The summed E-state index contributed by atoms with van der Waals surface area (Å²) >= 11 is 0. The van der Waals surface area contributed by atoms with Gasteiger partial charge in [0.1, 0.15) is 11.6 Å². The number of halogens is 2. The number of nitrogens with one attached hydrogen (secondary N) is 1. The van der Waals surface area contributed by atoms with Crippen molar-refractivity contribution in [3.05, 3.63) is 90.0 Å². The smallest absolute Gasteiger partial charge is 0.264 e. The highest BCUT2D eigenvalue weighted by atomic mass is 32.2. The van der Waals surface area contributed by atoms with Crippen LogP contribution in [0.5, 0.6) is 0 Å². The number of rotatable bonds is 6. The Kier molecular flexibility index (Phi) is 5.93. The van der Waals surface area contributed by atoms with E-state index in [1.54, 1.807) is 37.3 Å². The summed E-state index contributed by atoms with van der Waals surface area (Å²) in [6, 6.07) is 16.6. The summed E-state index contributed by atoms with van der Waals surface area (Å²) < 4.78 is 54.5. The lowest BCUT2D eigenvalue weighted by atomic mass is 10.2. The molecule has 0 heterocycles. The summed E-state index contributed by atoms with van der Waals surface area (Å²) in [5.41, 5.74) is 0.160. The minimum atomic E-state index is -3.93. The Balaban J connectivity index is 1.92. The summed E-state index contributed by atoms with van der Waals surface area (Å²) in [5, 5.41) is 2.26. The van der Waals surface area contributed by atoms with Gasteiger partial charge in [0.05, 0.1) is 16.3 Å². The molecule has 150 valence electrons. The number of carbonyl (C=O) groups is 1. The van der Waals surface area contributed by atoms with E-state index in [1.165, 1.54) is 28.6 Å². The van der Waals surface area contributed by atoms with E-state index in [0.29, 0.717) is 5.69 Å². The van der Waals surface area contributed by atoms with Crippen LogP contribution >= 0.6 is 0 Å². The zero-order valence-corrected chi connectivity index (χ0v) is 16.3. The Bertz CT molecular complexity index is 1140. The molecule has 0 fully saturated rings. The lowest BCUT2D eigenvalue weighted by Gasteiger charge is -2.23. The Hall–Kier alpha value is -3.26. The van der Waals surface area contributed by atoms with E-state index in [4.69, 9.17) is 0 Å². The Morgan fingerprint density at radius 3 is 2.38 bits per heavy atom. The molecule has 0 saturated heterocycles. The van der Waals surface area contributed by atoms with E-state index < -0.39 is 27.6 Å². The van der Waals surface area contributed by atoms with Gasteiger partial charge >= 0.3 is 0 Å². The van der Waals surface area contributed by atoms with Crippen molar-refractivity contribution in [3.63, 3.8) is 0 Å². The van der Waals surface area contributed by atoms with E-state index in [-0.39, 0.29) is 22.7 Å². The lowest BCUT2D eigenvalue weighted by Crippen LogP contribution is -2.31. The second-order valence-electron chi connectivity index (χ2n) is 6.11. The highest BCUT2D eigenvalue weighted by molar-refractivity contribution is 7.92. The van der Waals surface area contributed by atoms with Crippen molar-refractivity contribution in [3.8, 4) is 0 Å². The fourth-order valence-electron chi connectivity index (χ4n) is 2.80. The maximum Gasteiger partial charge on any atom is 0.264 e. The Labute approximate surface area is 167 Å². The molecule has 0 unspecified atom stereocenters. The molecule has 0 aliphatic rings. The number of benzene rings is 3. The first kappa shape index (κ1) is 20.5. The number of hydrogen-bond donors (Lipinski definition) is 1. The van der Waals surface area contributed by atoms with Crippen LogP contribution < -0.4 is 9.62 Å². The number of amides is 1. The second-order valence-corrected chi connectivity index (χ2v) is 7.97. The number of carbonyl (C=O) groups excluding carboxylic acids is 1. The number of nitrogens with zero attached hydrogens (tertiary/aromatic N) is 1. The molecule has 0 spiro atoms. The molecule has 0 aliphatic carbocycles. The topological polar surface area (TPSA) is 66.5 Å². The summed E-state index contributed by atoms with van der Waals surface area (Å²) in [6.45, 7) is 1.89. The van der Waals surface area contributed by atoms with Gasteiger partial charge in [-0.1, -0.05) is 24.3 Å². The van der Waals surface area contributed by atoms with Crippen molar-refractivity contribution in [1.82, 2.24) is 0 Å². The van der Waals surface area contributed by atoms with Gasteiger partial charge in [0, 0.05) is 18.2 Å². The summed E-state index contributed by atoms with van der Waals surface area (Å²) in [7, 11) is -3.93. The van der Waals surface area contributed by atoms with Crippen LogP contribution in [0, 0.1) is 11.6 Å². The third kappa shape index (κ3) is 4.43. The molecule has 0 aromatic heterocycles. The highest BCUT2D eigenvalue weighted by Crippen LogP contribution is 2.24. The molecule has 3 rings (SSSR count). The maximum atomic E-state index is 13.8. The molecule has 0 saturated carbocycles. The quantitative estimate of drug-likeness (QED) is 0.646. The van der Waals surface area contributed by atoms with Gasteiger partial charge in [0.25, 0.3) is 15.9 Å². The molecule has 3 aromatic carbocycles. The van der Waals surface area contributed by atoms with Crippen LogP contribution in [0.15, 0.2) is 77.7 Å². The van der Waals surface area contributed by atoms with Gasteiger partial charge in [-0.15, -0.1) is 0 Å². The number of hydrogen-bond acceptors (Lipinski definition) is 3. The largest absolute Gasteiger partial charge is 0.319 e. The van der Waals surface area contributed by atoms with Crippen molar-refractivity contribution in [1.29, 1.82) is 0 Å². The van der Waals surface area contributed by atoms with Crippen LogP contribution in [-0.2, 0) is 10.0 Å². The van der Waals surface area contributed by atoms with Gasteiger partial charge in [-0.05, 0) is 49.4 Å². The van der Waals surface area contributed by atoms with Crippen LogP contribution in [0.4, 0.5) is 20.2 Å². The predicted molar refractivity (Wildman–Crippen MR) is 107 cm³/mol. The monoisotopic (exact) mass is 416 g/mol. The van der Waals surface area contributed by atoms with Gasteiger partial charge in [-0.2, -0.15) is 0 Å². The van der Waals surface area contributed by atoms with E-state index in [1.807, 2.05) is 0 Å². The molecule has 29 heavy (non-hydrogen) atoms. The fraction of sp³-hybridized carbons (Fsp3) is 0.0952. The summed E-state index contributed by atoms with van der Waals surface area (Å²) in [6.07, 6.45) is 0. The van der Waals surface area contributed by atoms with Gasteiger partial charge in [0.15, 0.2) is 0 Å². The van der Waals surface area contributed by atoms with Gasteiger partial charge in [-0.3, -0.25) is 9.10 Å². The molecule has 0 aliphatic heterocycles. The molecule has 0 atom stereocenters. The fourth-order valence-corrected chi connectivity index (χ4v) is 4.32. The van der Waals surface area contributed by atoms with Crippen LogP contribution in [-0.4, -0.2) is 20.9 Å². The summed E-state index contributed by atoms with van der Waals surface area (Å²) in [5.74, 6) is -2.27. The standard InChI is InChI=1S/C21H18F2N2O3S/c1-2-25(17-8-4-3-5-9-17)29(27,28)18-10-6-7-15(13-18)21(26)24-20-14-16(22)11-12-19(20)23/h3-14H,2H2,1H3,(H,24,26). The summed E-state index contributed by atoms with van der Waals surface area (Å²) in [4.78, 5) is 12.4. The third-order valence-electron chi connectivity index (χ3n) is 4.19. The first-order valence-electron chi connectivity index (χ1n) is 8.77. The zero-order chi connectivity index (χ0) is 21.0. The van der Waals surface area contributed by atoms with Crippen molar-refractivity contribution in [2.45, 2.75) is 11.8 Å². The number of anilines is 2. The molecular formula is C21H18F2N2O3S. The van der Waals surface area contributed by atoms with E-state index in [0.717, 1.165) is 18.2 Å². The van der Waals surface area contributed by atoms with Crippen molar-refractivity contribution in [2.75, 3.05) is 16.2 Å². The average molecular weight is 416 g/mol. The second kappa shape index (κ2) is 8.40. The minimum Gasteiger partial charge on any atom is -0.319 e. The Morgan fingerprint density at radius 2 is 1.69 bits per heavy atom. The van der Waals surface area contributed by atoms with E-state index in [2.05, 4.69) is 5.32 Å². The molecule has 0 bridgehead atoms. The molecule has 0 radical (unpaired) electrons. The minimum absolute atomic E-state index is 0.00106.